The quantitative estimate of drug-likeness (QED) is 0.924. The third-order valence-corrected chi connectivity index (χ3v) is 2.95. The van der Waals surface area contributed by atoms with E-state index in [-0.39, 0.29) is 11.6 Å². The molecule has 0 saturated heterocycles. The fraction of sp³-hybridized carbons (Fsp3) is 0.167. The Morgan fingerprint density at radius 3 is 2.72 bits per heavy atom. The van der Waals surface area contributed by atoms with Crippen molar-refractivity contribution in [3.05, 3.63) is 45.8 Å². The largest absolute Gasteiger partial charge is 0.436 e. The van der Waals surface area contributed by atoms with Gasteiger partial charge >= 0.3 is 0 Å². The van der Waals surface area contributed by atoms with Crippen LogP contribution in [-0.4, -0.2) is 10.9 Å². The van der Waals surface area contributed by atoms with Crippen LogP contribution in [0.4, 0.5) is 10.1 Å². The summed E-state index contributed by atoms with van der Waals surface area (Å²) in [5.41, 5.74) is 0.984. The van der Waals surface area contributed by atoms with Gasteiger partial charge in [0.05, 0.1) is 11.4 Å². The molecule has 0 atom stereocenters. The van der Waals surface area contributed by atoms with Gasteiger partial charge < -0.3 is 9.73 Å². The fourth-order valence-corrected chi connectivity index (χ4v) is 1.96. The van der Waals surface area contributed by atoms with E-state index >= 15 is 0 Å². The lowest BCUT2D eigenvalue weighted by Crippen LogP contribution is -2.12. The summed E-state index contributed by atoms with van der Waals surface area (Å²) in [4.78, 5) is 15.9. The van der Waals surface area contributed by atoms with E-state index in [2.05, 4.69) is 26.2 Å². The first-order valence-electron chi connectivity index (χ1n) is 5.18. The van der Waals surface area contributed by atoms with E-state index in [0.29, 0.717) is 21.7 Å². The van der Waals surface area contributed by atoms with Gasteiger partial charge in [-0.25, -0.2) is 9.37 Å². The molecule has 0 radical (unpaired) electrons. The summed E-state index contributed by atoms with van der Waals surface area (Å²) < 4.78 is 18.6. The van der Waals surface area contributed by atoms with Crippen molar-refractivity contribution in [3.8, 4) is 0 Å². The highest BCUT2D eigenvalue weighted by atomic mass is 79.9. The average molecular weight is 313 g/mol. The maximum Gasteiger partial charge on any atom is 0.293 e. The molecule has 4 nitrogen and oxygen atoms in total. The van der Waals surface area contributed by atoms with Gasteiger partial charge in [0, 0.05) is 11.4 Å². The number of rotatable bonds is 2. The Balaban J connectivity index is 2.24. The van der Waals surface area contributed by atoms with Crippen LogP contribution in [0.2, 0.25) is 0 Å². The van der Waals surface area contributed by atoms with Gasteiger partial charge in [0.25, 0.3) is 5.91 Å². The van der Waals surface area contributed by atoms with E-state index in [0.717, 1.165) is 0 Å². The minimum Gasteiger partial charge on any atom is -0.436 e. The van der Waals surface area contributed by atoms with Crippen molar-refractivity contribution in [1.82, 2.24) is 4.98 Å². The molecule has 0 aliphatic carbocycles. The number of hydrogen-bond donors (Lipinski definition) is 1. The van der Waals surface area contributed by atoms with Crippen LogP contribution in [0.15, 0.2) is 27.1 Å². The maximum atomic E-state index is 12.9. The first-order chi connectivity index (χ1) is 8.47. The molecule has 1 N–H and O–H groups in total. The molecule has 2 aromatic rings. The van der Waals surface area contributed by atoms with Gasteiger partial charge in [0.2, 0.25) is 5.76 Å². The van der Waals surface area contributed by atoms with Crippen molar-refractivity contribution in [2.24, 2.45) is 0 Å². The van der Waals surface area contributed by atoms with Crippen LogP contribution in [-0.2, 0) is 0 Å². The molecule has 0 bridgehead atoms. The zero-order chi connectivity index (χ0) is 13.3. The number of benzene rings is 1. The van der Waals surface area contributed by atoms with Gasteiger partial charge in [0.1, 0.15) is 5.82 Å². The number of nitrogens with zero attached hydrogens (tertiary/aromatic N) is 1. The Kier molecular flexibility index (Phi) is 3.47. The third kappa shape index (κ3) is 2.59. The number of oxazole rings is 1. The summed E-state index contributed by atoms with van der Waals surface area (Å²) >= 11 is 3.17. The second-order valence-electron chi connectivity index (χ2n) is 3.73. The minimum absolute atomic E-state index is 0.156. The highest BCUT2D eigenvalue weighted by molar-refractivity contribution is 9.10. The van der Waals surface area contributed by atoms with Crippen LogP contribution >= 0.6 is 15.9 Å². The molecule has 94 valence electrons. The molecule has 1 aromatic carbocycles. The molecule has 0 aliphatic heterocycles. The number of aromatic nitrogens is 1. The Morgan fingerprint density at radius 1 is 1.44 bits per heavy atom. The van der Waals surface area contributed by atoms with Gasteiger partial charge in [-0.2, -0.15) is 0 Å². The predicted molar refractivity (Wildman–Crippen MR) is 68.0 cm³/mol. The normalized spacial score (nSPS) is 10.4. The van der Waals surface area contributed by atoms with Crippen molar-refractivity contribution < 1.29 is 13.6 Å². The lowest BCUT2D eigenvalue weighted by atomic mass is 10.3. The summed E-state index contributed by atoms with van der Waals surface area (Å²) in [5, 5.41) is 2.62. The number of nitrogens with one attached hydrogen (secondary N) is 1. The minimum atomic E-state index is -0.416. The van der Waals surface area contributed by atoms with Crippen molar-refractivity contribution in [3.63, 3.8) is 0 Å². The molecule has 1 amide bonds. The van der Waals surface area contributed by atoms with Crippen LogP contribution in [0.25, 0.3) is 0 Å². The number of amides is 1. The zero-order valence-electron chi connectivity index (χ0n) is 9.75. The van der Waals surface area contributed by atoms with Crippen molar-refractivity contribution >= 4 is 27.5 Å². The molecule has 0 saturated carbocycles. The second kappa shape index (κ2) is 4.89. The van der Waals surface area contributed by atoms with Crippen LogP contribution in [0.5, 0.6) is 0 Å². The summed E-state index contributed by atoms with van der Waals surface area (Å²) in [6.07, 6.45) is 0. The van der Waals surface area contributed by atoms with Crippen LogP contribution in [0.1, 0.15) is 22.1 Å². The van der Waals surface area contributed by atoms with E-state index < -0.39 is 5.91 Å². The number of carbonyl (C=O) groups excluding carboxylic acids is 1. The lowest BCUT2D eigenvalue weighted by Gasteiger charge is -2.05. The number of carbonyl (C=O) groups is 1. The molecule has 0 unspecified atom stereocenters. The smallest absolute Gasteiger partial charge is 0.293 e. The van der Waals surface area contributed by atoms with Gasteiger partial charge in [-0.15, -0.1) is 0 Å². The molecule has 0 aliphatic rings. The van der Waals surface area contributed by atoms with Crippen LogP contribution in [0, 0.1) is 19.7 Å². The van der Waals surface area contributed by atoms with Crippen LogP contribution in [0.3, 0.4) is 0 Å². The molecular weight excluding hydrogens is 303 g/mol. The standard InChI is InChI=1S/C12H10BrFN2O2/c1-6-11(18-7(2)15-6)12(17)16-10-4-3-8(14)5-9(10)13/h3-5H,1-2H3,(H,16,17). The van der Waals surface area contributed by atoms with Crippen molar-refractivity contribution in [2.45, 2.75) is 13.8 Å². The maximum absolute atomic E-state index is 12.9. The molecule has 1 aromatic heterocycles. The molecule has 6 heteroatoms. The molecular formula is C12H10BrFN2O2. The first kappa shape index (κ1) is 12.8. The fourth-order valence-electron chi connectivity index (χ4n) is 1.51. The highest BCUT2D eigenvalue weighted by Gasteiger charge is 2.16. The second-order valence-corrected chi connectivity index (χ2v) is 4.58. The zero-order valence-corrected chi connectivity index (χ0v) is 11.3. The van der Waals surface area contributed by atoms with E-state index in [1.54, 1.807) is 13.8 Å². The predicted octanol–water partition coefficient (Wildman–Crippen LogP) is 3.45. The number of anilines is 1. The number of aryl methyl sites for hydroxylation is 2. The topological polar surface area (TPSA) is 55.1 Å². The molecule has 0 spiro atoms. The van der Waals surface area contributed by atoms with Gasteiger partial charge in [-0.3, -0.25) is 4.79 Å². The third-order valence-electron chi connectivity index (χ3n) is 2.29. The summed E-state index contributed by atoms with van der Waals surface area (Å²) in [5.74, 6) is -0.216. The van der Waals surface area contributed by atoms with Crippen LogP contribution < -0.4 is 5.32 Å². The van der Waals surface area contributed by atoms with E-state index in [1.807, 2.05) is 0 Å². The van der Waals surface area contributed by atoms with Gasteiger partial charge in [0.15, 0.2) is 5.89 Å². The van der Waals surface area contributed by atoms with E-state index in [9.17, 15) is 9.18 Å². The lowest BCUT2D eigenvalue weighted by molar-refractivity contribution is 0.0994. The summed E-state index contributed by atoms with van der Waals surface area (Å²) in [6, 6.07) is 4.00. The molecule has 0 fully saturated rings. The summed E-state index contributed by atoms with van der Waals surface area (Å²) in [6.45, 7) is 3.35. The average Bonchev–Trinajstić information content (AvgIpc) is 2.62. The number of halogens is 2. The Bertz CT molecular complexity index is 610. The van der Waals surface area contributed by atoms with E-state index in [4.69, 9.17) is 4.42 Å². The SMILES string of the molecule is Cc1nc(C)c(C(=O)Nc2ccc(F)cc2Br)o1. The Labute approximate surface area is 111 Å². The van der Waals surface area contributed by atoms with E-state index in [1.165, 1.54) is 18.2 Å². The molecule has 1 heterocycles. The Morgan fingerprint density at radius 2 is 2.17 bits per heavy atom. The summed E-state index contributed by atoms with van der Waals surface area (Å²) in [7, 11) is 0. The van der Waals surface area contributed by atoms with Crippen molar-refractivity contribution in [1.29, 1.82) is 0 Å². The highest BCUT2D eigenvalue weighted by Crippen LogP contribution is 2.24. The van der Waals surface area contributed by atoms with Gasteiger partial charge in [-0.05, 0) is 41.1 Å². The molecule has 2 rings (SSSR count). The number of hydrogen-bond acceptors (Lipinski definition) is 3. The first-order valence-corrected chi connectivity index (χ1v) is 5.97. The molecule has 18 heavy (non-hydrogen) atoms. The van der Waals surface area contributed by atoms with Gasteiger partial charge in [-0.1, -0.05) is 0 Å². The monoisotopic (exact) mass is 312 g/mol. The van der Waals surface area contributed by atoms with Crippen molar-refractivity contribution in [2.75, 3.05) is 5.32 Å². The Hall–Kier alpha value is -1.69.